The summed E-state index contributed by atoms with van der Waals surface area (Å²) in [7, 11) is 1.56. The first-order valence-corrected chi connectivity index (χ1v) is 10.5. The highest BCUT2D eigenvalue weighted by molar-refractivity contribution is 9.10. The Hall–Kier alpha value is -3.65. The number of ether oxygens (including phenoxy) is 2. The fourth-order valence-electron chi connectivity index (χ4n) is 2.79. The minimum absolute atomic E-state index is 0.177. The smallest absolute Gasteiger partial charge is 0.271 e. The average Bonchev–Trinajstić information content (AvgIpc) is 2.79. The molecule has 0 atom stereocenters. The molecule has 164 valence electrons. The predicted octanol–water partition coefficient (Wildman–Crippen LogP) is 4.76. The molecular weight excluding hydrogens is 474 g/mol. The number of nitrogens with zero attached hydrogens (tertiary/aromatic N) is 1. The SMILES string of the molecule is COc1cc(/C=N\NC(=O)c2ccc(NC(C)=O)cc2)c(Br)cc1OCc1ccccc1. The minimum Gasteiger partial charge on any atom is -0.493 e. The van der Waals surface area contributed by atoms with Crippen molar-refractivity contribution in [3.05, 3.63) is 87.9 Å². The zero-order valence-electron chi connectivity index (χ0n) is 17.6. The van der Waals surface area contributed by atoms with Crippen LogP contribution in [0.1, 0.15) is 28.4 Å². The van der Waals surface area contributed by atoms with Crippen molar-refractivity contribution >= 4 is 39.6 Å². The van der Waals surface area contributed by atoms with Gasteiger partial charge in [-0.1, -0.05) is 30.3 Å². The highest BCUT2D eigenvalue weighted by atomic mass is 79.9. The van der Waals surface area contributed by atoms with Crippen LogP contribution in [0, 0.1) is 0 Å². The molecule has 0 bridgehead atoms. The van der Waals surface area contributed by atoms with E-state index >= 15 is 0 Å². The third-order valence-electron chi connectivity index (χ3n) is 4.36. The number of hydrazone groups is 1. The van der Waals surface area contributed by atoms with E-state index in [1.165, 1.54) is 13.1 Å². The van der Waals surface area contributed by atoms with Gasteiger partial charge in [-0.25, -0.2) is 5.43 Å². The number of anilines is 1. The largest absolute Gasteiger partial charge is 0.493 e. The van der Waals surface area contributed by atoms with E-state index in [0.29, 0.717) is 34.9 Å². The Morgan fingerprint density at radius 2 is 1.75 bits per heavy atom. The summed E-state index contributed by atoms with van der Waals surface area (Å²) in [6.45, 7) is 1.83. The first-order valence-electron chi connectivity index (χ1n) is 9.71. The van der Waals surface area contributed by atoms with Gasteiger partial charge in [0.1, 0.15) is 6.61 Å². The van der Waals surface area contributed by atoms with Crippen molar-refractivity contribution in [2.24, 2.45) is 5.10 Å². The van der Waals surface area contributed by atoms with Crippen molar-refractivity contribution < 1.29 is 19.1 Å². The summed E-state index contributed by atoms with van der Waals surface area (Å²) in [5.74, 6) is 0.583. The zero-order valence-corrected chi connectivity index (χ0v) is 19.2. The van der Waals surface area contributed by atoms with Crippen molar-refractivity contribution in [1.82, 2.24) is 5.43 Å². The van der Waals surface area contributed by atoms with Crippen molar-refractivity contribution in [2.75, 3.05) is 12.4 Å². The maximum Gasteiger partial charge on any atom is 0.271 e. The van der Waals surface area contributed by atoms with E-state index < -0.39 is 0 Å². The number of methoxy groups -OCH3 is 1. The Morgan fingerprint density at radius 3 is 2.41 bits per heavy atom. The fraction of sp³-hybridized carbons (Fsp3) is 0.125. The molecule has 0 saturated carbocycles. The van der Waals surface area contributed by atoms with Gasteiger partial charge in [0.15, 0.2) is 11.5 Å². The fourth-order valence-corrected chi connectivity index (χ4v) is 3.22. The van der Waals surface area contributed by atoms with Crippen LogP contribution in [-0.2, 0) is 11.4 Å². The monoisotopic (exact) mass is 495 g/mol. The standard InChI is InChI=1S/C24H22BrN3O4/c1-16(29)27-20-10-8-18(9-11-20)24(30)28-26-14-19-12-22(31-2)23(13-21(19)25)32-15-17-6-4-3-5-7-17/h3-14H,15H2,1-2H3,(H,27,29)(H,28,30)/b26-14-. The van der Waals surface area contributed by atoms with Gasteiger partial charge in [-0.3, -0.25) is 9.59 Å². The zero-order chi connectivity index (χ0) is 22.9. The van der Waals surface area contributed by atoms with E-state index in [-0.39, 0.29) is 11.8 Å². The Labute approximate surface area is 194 Å². The third kappa shape index (κ3) is 6.42. The molecule has 8 heteroatoms. The Morgan fingerprint density at radius 1 is 1.03 bits per heavy atom. The lowest BCUT2D eigenvalue weighted by molar-refractivity contribution is -0.114. The number of benzene rings is 3. The number of amides is 2. The molecule has 0 unspecified atom stereocenters. The predicted molar refractivity (Wildman–Crippen MR) is 127 cm³/mol. The maximum atomic E-state index is 12.3. The molecule has 0 aliphatic heterocycles. The van der Waals surface area contributed by atoms with E-state index in [0.717, 1.165) is 10.0 Å². The van der Waals surface area contributed by atoms with Gasteiger partial charge in [-0.15, -0.1) is 0 Å². The van der Waals surface area contributed by atoms with E-state index in [4.69, 9.17) is 9.47 Å². The summed E-state index contributed by atoms with van der Waals surface area (Å²) in [4.78, 5) is 23.4. The number of rotatable bonds is 8. The van der Waals surface area contributed by atoms with Gasteiger partial charge in [0, 0.05) is 28.2 Å². The normalized spacial score (nSPS) is 10.6. The Bertz CT molecular complexity index is 1120. The number of carbonyl (C=O) groups is 2. The summed E-state index contributed by atoms with van der Waals surface area (Å²) in [6, 6.07) is 19.9. The van der Waals surface area contributed by atoms with Gasteiger partial charge in [0.2, 0.25) is 5.91 Å². The van der Waals surface area contributed by atoms with Crippen molar-refractivity contribution in [1.29, 1.82) is 0 Å². The molecule has 2 amide bonds. The molecule has 3 aromatic rings. The number of halogens is 1. The lowest BCUT2D eigenvalue weighted by Gasteiger charge is -2.12. The second kappa shape index (κ2) is 11.1. The van der Waals surface area contributed by atoms with Crippen LogP contribution in [0.4, 0.5) is 5.69 Å². The highest BCUT2D eigenvalue weighted by Crippen LogP contribution is 2.33. The number of hydrogen-bond donors (Lipinski definition) is 2. The quantitative estimate of drug-likeness (QED) is 0.348. The topological polar surface area (TPSA) is 89.0 Å². The molecule has 0 aliphatic carbocycles. The van der Waals surface area contributed by atoms with Gasteiger partial charge in [-0.2, -0.15) is 5.10 Å². The number of nitrogens with one attached hydrogen (secondary N) is 2. The van der Waals surface area contributed by atoms with Crippen molar-refractivity contribution in [3.8, 4) is 11.5 Å². The molecule has 0 radical (unpaired) electrons. The molecular formula is C24H22BrN3O4. The molecule has 3 aromatic carbocycles. The van der Waals surface area contributed by atoms with Crippen molar-refractivity contribution in [3.63, 3.8) is 0 Å². The average molecular weight is 496 g/mol. The second-order valence-electron chi connectivity index (χ2n) is 6.76. The summed E-state index contributed by atoms with van der Waals surface area (Å²) in [5, 5.41) is 6.68. The number of hydrogen-bond acceptors (Lipinski definition) is 5. The van der Waals surface area contributed by atoms with Crippen LogP contribution in [0.3, 0.4) is 0 Å². The molecule has 0 aliphatic rings. The van der Waals surface area contributed by atoms with Crippen LogP contribution < -0.4 is 20.2 Å². The van der Waals surface area contributed by atoms with Crippen LogP contribution in [0.25, 0.3) is 0 Å². The van der Waals surface area contributed by atoms with Gasteiger partial charge >= 0.3 is 0 Å². The van der Waals surface area contributed by atoms with Crippen LogP contribution in [0.15, 0.2) is 76.3 Å². The van der Waals surface area contributed by atoms with Crippen LogP contribution >= 0.6 is 15.9 Å². The second-order valence-corrected chi connectivity index (χ2v) is 7.61. The molecule has 2 N–H and O–H groups in total. The van der Waals surface area contributed by atoms with Crippen LogP contribution in [0.5, 0.6) is 11.5 Å². The summed E-state index contributed by atoms with van der Waals surface area (Å²) in [6.07, 6.45) is 1.51. The van der Waals surface area contributed by atoms with Crippen LogP contribution in [0.2, 0.25) is 0 Å². The molecule has 0 heterocycles. The van der Waals surface area contributed by atoms with Crippen LogP contribution in [-0.4, -0.2) is 25.1 Å². The third-order valence-corrected chi connectivity index (χ3v) is 5.04. The Kier molecular flexibility index (Phi) is 7.99. The van der Waals surface area contributed by atoms with E-state index in [1.54, 1.807) is 43.5 Å². The summed E-state index contributed by atoms with van der Waals surface area (Å²) < 4.78 is 12.1. The van der Waals surface area contributed by atoms with Crippen molar-refractivity contribution in [2.45, 2.75) is 13.5 Å². The molecule has 3 rings (SSSR count). The summed E-state index contributed by atoms with van der Waals surface area (Å²) >= 11 is 3.50. The number of carbonyl (C=O) groups excluding carboxylic acids is 2. The highest BCUT2D eigenvalue weighted by Gasteiger charge is 2.10. The Balaban J connectivity index is 1.64. The minimum atomic E-state index is -0.374. The molecule has 32 heavy (non-hydrogen) atoms. The van der Waals surface area contributed by atoms with E-state index in [2.05, 4.69) is 31.8 Å². The lowest BCUT2D eigenvalue weighted by atomic mass is 10.2. The van der Waals surface area contributed by atoms with Gasteiger partial charge in [0.05, 0.1) is 13.3 Å². The van der Waals surface area contributed by atoms with Gasteiger partial charge in [0.25, 0.3) is 5.91 Å². The molecule has 7 nitrogen and oxygen atoms in total. The lowest BCUT2D eigenvalue weighted by Crippen LogP contribution is -2.17. The summed E-state index contributed by atoms with van der Waals surface area (Å²) in [5.41, 5.74) is 5.26. The molecule has 0 aromatic heterocycles. The van der Waals surface area contributed by atoms with Gasteiger partial charge < -0.3 is 14.8 Å². The first-order chi connectivity index (χ1) is 15.5. The van der Waals surface area contributed by atoms with Gasteiger partial charge in [-0.05, 0) is 57.9 Å². The van der Waals surface area contributed by atoms with E-state index in [1.807, 2.05) is 30.3 Å². The maximum absolute atomic E-state index is 12.3. The first kappa shape index (κ1) is 23.0. The van der Waals surface area contributed by atoms with E-state index in [9.17, 15) is 9.59 Å². The molecule has 0 spiro atoms. The molecule has 0 fully saturated rings. The molecule has 0 saturated heterocycles.